The number of halogens is 1. The number of rotatable bonds is 5. The smallest absolute Gasteiger partial charge is 0.306 e. The molecule has 5 heteroatoms. The van der Waals surface area contributed by atoms with Crippen LogP contribution in [0, 0.1) is 16.7 Å². The molecule has 19 heavy (non-hydrogen) atoms. The molecule has 1 saturated carbocycles. The van der Waals surface area contributed by atoms with Crippen LogP contribution in [-0.4, -0.2) is 18.8 Å². The minimum absolute atomic E-state index is 0.0954. The van der Waals surface area contributed by atoms with Gasteiger partial charge in [-0.3, -0.25) is 4.79 Å². The summed E-state index contributed by atoms with van der Waals surface area (Å²) in [6, 6.07) is 7.46. The van der Waals surface area contributed by atoms with Crippen molar-refractivity contribution in [3.63, 3.8) is 0 Å². The quantitative estimate of drug-likeness (QED) is 0.614. The SMILES string of the molecule is COC(=O)CC1(CSc2ccc(C#N)c(Cl)c2)CC1. The molecule has 0 aromatic heterocycles. The lowest BCUT2D eigenvalue weighted by Gasteiger charge is -2.13. The molecule has 100 valence electrons. The third-order valence-corrected chi connectivity index (χ3v) is 4.97. The highest BCUT2D eigenvalue weighted by Gasteiger charge is 2.44. The van der Waals surface area contributed by atoms with E-state index >= 15 is 0 Å². The van der Waals surface area contributed by atoms with Gasteiger partial charge in [-0.25, -0.2) is 0 Å². The van der Waals surface area contributed by atoms with Crippen LogP contribution in [-0.2, 0) is 9.53 Å². The first-order chi connectivity index (χ1) is 9.08. The minimum Gasteiger partial charge on any atom is -0.469 e. The standard InChI is InChI=1S/C14H14ClNO2S/c1-18-13(17)7-14(4-5-14)9-19-11-3-2-10(8-16)12(15)6-11/h2-3,6H,4-5,7,9H2,1H3. The van der Waals surface area contributed by atoms with Gasteiger partial charge in [0.2, 0.25) is 0 Å². The van der Waals surface area contributed by atoms with E-state index < -0.39 is 0 Å². The van der Waals surface area contributed by atoms with Gasteiger partial charge < -0.3 is 4.74 Å². The van der Waals surface area contributed by atoms with Crippen LogP contribution in [0.3, 0.4) is 0 Å². The van der Waals surface area contributed by atoms with Crippen LogP contribution in [0.25, 0.3) is 0 Å². The molecule has 1 aromatic rings. The van der Waals surface area contributed by atoms with E-state index in [1.54, 1.807) is 23.9 Å². The fourth-order valence-corrected chi connectivity index (χ4v) is 3.36. The van der Waals surface area contributed by atoms with Crippen LogP contribution >= 0.6 is 23.4 Å². The highest BCUT2D eigenvalue weighted by atomic mass is 35.5. The van der Waals surface area contributed by atoms with E-state index in [2.05, 4.69) is 0 Å². The maximum absolute atomic E-state index is 11.3. The summed E-state index contributed by atoms with van der Waals surface area (Å²) in [4.78, 5) is 12.4. The van der Waals surface area contributed by atoms with Gasteiger partial charge in [0.1, 0.15) is 6.07 Å². The van der Waals surface area contributed by atoms with Gasteiger partial charge in [0.15, 0.2) is 0 Å². The minimum atomic E-state index is -0.143. The zero-order chi connectivity index (χ0) is 13.9. The normalized spacial score (nSPS) is 15.6. The molecular formula is C14H14ClNO2S. The van der Waals surface area contributed by atoms with E-state index in [4.69, 9.17) is 21.6 Å². The summed E-state index contributed by atoms with van der Waals surface area (Å²) in [5, 5.41) is 9.29. The lowest BCUT2D eigenvalue weighted by atomic mass is 10.1. The predicted octanol–water partition coefficient (Wildman–Crippen LogP) is 3.65. The number of carbonyl (C=O) groups excluding carboxylic acids is 1. The molecule has 0 radical (unpaired) electrons. The molecule has 3 nitrogen and oxygen atoms in total. The van der Waals surface area contributed by atoms with Crippen LogP contribution < -0.4 is 0 Å². The number of benzene rings is 1. The van der Waals surface area contributed by atoms with Crippen LogP contribution in [0.5, 0.6) is 0 Å². The fourth-order valence-electron chi connectivity index (χ4n) is 1.84. The summed E-state index contributed by atoms with van der Waals surface area (Å²) in [6.45, 7) is 0. The van der Waals surface area contributed by atoms with Crippen molar-refractivity contribution < 1.29 is 9.53 Å². The topological polar surface area (TPSA) is 50.1 Å². The monoisotopic (exact) mass is 295 g/mol. The number of thioether (sulfide) groups is 1. The molecule has 0 aliphatic heterocycles. The summed E-state index contributed by atoms with van der Waals surface area (Å²) in [5.74, 6) is 0.737. The summed E-state index contributed by atoms with van der Waals surface area (Å²) in [6.07, 6.45) is 2.62. The van der Waals surface area contributed by atoms with Gasteiger partial charge in [0.05, 0.1) is 24.1 Å². The van der Waals surface area contributed by atoms with Crippen molar-refractivity contribution in [2.45, 2.75) is 24.2 Å². The van der Waals surface area contributed by atoms with Crippen molar-refractivity contribution in [2.75, 3.05) is 12.9 Å². The highest BCUT2D eigenvalue weighted by Crippen LogP contribution is 2.52. The molecule has 0 atom stereocenters. The molecule has 2 rings (SSSR count). The molecule has 0 bridgehead atoms. The molecule has 1 aliphatic carbocycles. The first-order valence-corrected chi connectivity index (χ1v) is 7.34. The van der Waals surface area contributed by atoms with Gasteiger partial charge in [-0.2, -0.15) is 5.26 Å². The van der Waals surface area contributed by atoms with E-state index in [1.807, 2.05) is 12.1 Å². The molecule has 0 unspecified atom stereocenters. The second-order valence-corrected chi connectivity index (χ2v) is 6.25. The Labute approximate surface area is 121 Å². The van der Waals surface area contributed by atoms with Gasteiger partial charge in [-0.15, -0.1) is 11.8 Å². The second kappa shape index (κ2) is 5.85. The Kier molecular flexibility index (Phi) is 4.38. The van der Waals surface area contributed by atoms with Crippen molar-refractivity contribution in [2.24, 2.45) is 5.41 Å². The molecule has 0 saturated heterocycles. The third kappa shape index (κ3) is 3.65. The Morgan fingerprint density at radius 1 is 1.58 bits per heavy atom. The number of nitriles is 1. The van der Waals surface area contributed by atoms with E-state index in [0.29, 0.717) is 17.0 Å². The second-order valence-electron chi connectivity index (χ2n) is 4.80. The van der Waals surface area contributed by atoms with E-state index in [-0.39, 0.29) is 11.4 Å². The zero-order valence-corrected chi connectivity index (χ0v) is 12.2. The molecule has 0 N–H and O–H groups in total. The fraction of sp³-hybridized carbons (Fsp3) is 0.429. The summed E-state index contributed by atoms with van der Waals surface area (Å²) in [7, 11) is 1.42. The average Bonchev–Trinajstić information content (AvgIpc) is 3.16. The Balaban J connectivity index is 1.94. The molecular weight excluding hydrogens is 282 g/mol. The number of nitrogens with zero attached hydrogens (tertiary/aromatic N) is 1. The number of carbonyl (C=O) groups is 1. The maximum Gasteiger partial charge on any atom is 0.306 e. The van der Waals surface area contributed by atoms with Crippen molar-refractivity contribution in [3.05, 3.63) is 28.8 Å². The van der Waals surface area contributed by atoms with Crippen LogP contribution in [0.1, 0.15) is 24.8 Å². The van der Waals surface area contributed by atoms with E-state index in [1.165, 1.54) is 7.11 Å². The molecule has 1 fully saturated rings. The summed E-state index contributed by atoms with van der Waals surface area (Å²) < 4.78 is 4.72. The lowest BCUT2D eigenvalue weighted by Crippen LogP contribution is -2.12. The Bertz CT molecular complexity index is 535. The molecule has 0 spiro atoms. The Morgan fingerprint density at radius 3 is 2.84 bits per heavy atom. The van der Waals surface area contributed by atoms with E-state index in [9.17, 15) is 4.79 Å². The third-order valence-electron chi connectivity index (χ3n) is 3.31. The number of hydrogen-bond donors (Lipinski definition) is 0. The van der Waals surface area contributed by atoms with E-state index in [0.717, 1.165) is 23.5 Å². The van der Waals surface area contributed by atoms with Crippen molar-refractivity contribution >= 4 is 29.3 Å². The van der Waals surface area contributed by atoms with Crippen LogP contribution in [0.4, 0.5) is 0 Å². The molecule has 1 aromatic carbocycles. The predicted molar refractivity (Wildman–Crippen MR) is 75.2 cm³/mol. The highest BCUT2D eigenvalue weighted by molar-refractivity contribution is 7.99. The maximum atomic E-state index is 11.3. The van der Waals surface area contributed by atoms with Crippen LogP contribution in [0.15, 0.2) is 23.1 Å². The largest absolute Gasteiger partial charge is 0.469 e. The van der Waals surface area contributed by atoms with Crippen molar-refractivity contribution in [1.82, 2.24) is 0 Å². The van der Waals surface area contributed by atoms with Crippen molar-refractivity contribution in [1.29, 1.82) is 5.26 Å². The lowest BCUT2D eigenvalue weighted by molar-refractivity contribution is -0.141. The average molecular weight is 296 g/mol. The molecule has 0 heterocycles. The number of methoxy groups -OCH3 is 1. The first-order valence-electron chi connectivity index (χ1n) is 5.98. The van der Waals surface area contributed by atoms with Crippen LogP contribution in [0.2, 0.25) is 5.02 Å². The first kappa shape index (κ1) is 14.2. The number of hydrogen-bond acceptors (Lipinski definition) is 4. The zero-order valence-electron chi connectivity index (χ0n) is 10.6. The van der Waals surface area contributed by atoms with Gasteiger partial charge in [0.25, 0.3) is 0 Å². The summed E-state index contributed by atoms with van der Waals surface area (Å²) in [5.41, 5.74) is 0.583. The summed E-state index contributed by atoms with van der Waals surface area (Å²) >= 11 is 7.67. The number of esters is 1. The Hall–Kier alpha value is -1.18. The molecule has 0 amide bonds. The van der Waals surface area contributed by atoms with Gasteiger partial charge in [0, 0.05) is 10.6 Å². The Morgan fingerprint density at radius 2 is 2.32 bits per heavy atom. The number of ether oxygens (including phenoxy) is 1. The van der Waals surface area contributed by atoms with Gasteiger partial charge >= 0.3 is 5.97 Å². The van der Waals surface area contributed by atoms with Gasteiger partial charge in [-0.05, 0) is 36.5 Å². The van der Waals surface area contributed by atoms with Gasteiger partial charge in [-0.1, -0.05) is 11.6 Å². The molecule has 1 aliphatic rings. The van der Waals surface area contributed by atoms with Crippen molar-refractivity contribution in [3.8, 4) is 6.07 Å².